The van der Waals surface area contributed by atoms with Gasteiger partial charge in [-0.1, -0.05) is 0 Å². The molecule has 26 heavy (non-hydrogen) atoms. The molecule has 3 aromatic rings. The summed E-state index contributed by atoms with van der Waals surface area (Å²) in [5, 5.41) is 1.06. The molecule has 8 heteroatoms. The molecule has 1 aliphatic heterocycles. The van der Waals surface area contributed by atoms with Crippen molar-refractivity contribution in [3.63, 3.8) is 0 Å². The molecule has 2 aromatic heterocycles. The van der Waals surface area contributed by atoms with Gasteiger partial charge in [0, 0.05) is 62.5 Å². The second-order valence-electron chi connectivity index (χ2n) is 6.38. The number of hydrogen-bond donors (Lipinski definition) is 2. The van der Waals surface area contributed by atoms with E-state index in [2.05, 4.69) is 14.9 Å². The predicted octanol–water partition coefficient (Wildman–Crippen LogP) is 0.676. The molecule has 1 aromatic carbocycles. The average Bonchev–Trinajstić information content (AvgIpc) is 3.05. The molecule has 0 spiro atoms. The fourth-order valence-corrected chi connectivity index (χ4v) is 3.39. The van der Waals surface area contributed by atoms with Crippen LogP contribution in [0.25, 0.3) is 16.6 Å². The molecule has 1 amide bonds. The lowest BCUT2D eigenvalue weighted by Gasteiger charge is -2.35. The quantitative estimate of drug-likeness (QED) is 0.708. The monoisotopic (exact) mass is 353 g/mol. The van der Waals surface area contributed by atoms with Crippen molar-refractivity contribution in [2.24, 2.45) is 0 Å². The average molecular weight is 353 g/mol. The predicted molar refractivity (Wildman–Crippen MR) is 99.0 cm³/mol. The number of amides is 1. The van der Waals surface area contributed by atoms with E-state index >= 15 is 0 Å². The number of anilines is 1. The highest BCUT2D eigenvalue weighted by atomic mass is 16.2. The summed E-state index contributed by atoms with van der Waals surface area (Å²) < 4.78 is 1.40. The molecular formula is C18H19N5O3. The number of piperazine rings is 1. The van der Waals surface area contributed by atoms with Crippen LogP contribution in [0.4, 0.5) is 5.69 Å². The van der Waals surface area contributed by atoms with Crippen molar-refractivity contribution in [1.82, 2.24) is 19.4 Å². The third-order valence-corrected chi connectivity index (χ3v) is 4.81. The maximum atomic E-state index is 12.0. The van der Waals surface area contributed by atoms with Gasteiger partial charge in [0.05, 0.1) is 11.4 Å². The Morgan fingerprint density at radius 1 is 1.08 bits per heavy atom. The minimum absolute atomic E-state index is 0.111. The van der Waals surface area contributed by atoms with Gasteiger partial charge in [-0.15, -0.1) is 0 Å². The number of aromatic amines is 2. The van der Waals surface area contributed by atoms with Gasteiger partial charge in [0.1, 0.15) is 0 Å². The zero-order valence-corrected chi connectivity index (χ0v) is 14.4. The second-order valence-corrected chi connectivity index (χ2v) is 6.38. The Balaban J connectivity index is 1.65. The topological polar surface area (TPSA) is 94.2 Å². The van der Waals surface area contributed by atoms with E-state index in [0.717, 1.165) is 29.7 Å². The molecule has 3 heterocycles. The summed E-state index contributed by atoms with van der Waals surface area (Å²) in [6.07, 6.45) is 3.42. The van der Waals surface area contributed by atoms with Crippen LogP contribution in [-0.4, -0.2) is 51.5 Å². The highest BCUT2D eigenvalue weighted by Crippen LogP contribution is 2.29. The number of nitrogens with zero attached hydrogens (tertiary/aromatic N) is 3. The van der Waals surface area contributed by atoms with Gasteiger partial charge in [-0.25, -0.2) is 4.79 Å². The lowest BCUT2D eigenvalue weighted by molar-refractivity contribution is -0.129. The number of benzene rings is 1. The van der Waals surface area contributed by atoms with Crippen LogP contribution in [0, 0.1) is 0 Å². The molecule has 0 unspecified atom stereocenters. The Hall–Kier alpha value is -3.29. The summed E-state index contributed by atoms with van der Waals surface area (Å²) in [5.74, 6) is 0.111. The third kappa shape index (κ3) is 2.79. The van der Waals surface area contributed by atoms with E-state index in [0.29, 0.717) is 18.8 Å². The largest absolute Gasteiger partial charge is 0.366 e. The summed E-state index contributed by atoms with van der Waals surface area (Å²) in [6.45, 7) is 4.60. The molecule has 4 rings (SSSR count). The van der Waals surface area contributed by atoms with Gasteiger partial charge in [-0.05, 0) is 18.2 Å². The molecule has 0 bridgehead atoms. The fraction of sp³-hybridized carbons (Fsp3) is 0.278. The molecule has 1 aliphatic rings. The van der Waals surface area contributed by atoms with Crippen molar-refractivity contribution >= 4 is 22.5 Å². The number of H-pyrrole nitrogens is 2. The number of rotatable bonds is 2. The first-order chi connectivity index (χ1) is 12.5. The highest BCUT2D eigenvalue weighted by Gasteiger charge is 2.20. The number of carbonyl (C=O) groups excluding carboxylic acids is 1. The minimum Gasteiger partial charge on any atom is -0.366 e. The Labute approximate surface area is 148 Å². The highest BCUT2D eigenvalue weighted by molar-refractivity contribution is 5.94. The van der Waals surface area contributed by atoms with Crippen LogP contribution in [0.1, 0.15) is 6.92 Å². The van der Waals surface area contributed by atoms with Gasteiger partial charge in [0.25, 0.3) is 5.56 Å². The van der Waals surface area contributed by atoms with Crippen LogP contribution < -0.4 is 16.1 Å². The summed E-state index contributed by atoms with van der Waals surface area (Å²) in [4.78, 5) is 44.3. The Morgan fingerprint density at radius 3 is 2.54 bits per heavy atom. The van der Waals surface area contributed by atoms with Crippen molar-refractivity contribution in [3.05, 3.63) is 57.5 Å². The summed E-state index contributed by atoms with van der Waals surface area (Å²) in [5.41, 5.74) is 1.78. The van der Waals surface area contributed by atoms with Gasteiger partial charge in [-0.3, -0.25) is 19.1 Å². The number of hydrogen-bond acceptors (Lipinski definition) is 4. The number of carbonyl (C=O) groups is 1. The van der Waals surface area contributed by atoms with E-state index < -0.39 is 11.2 Å². The minimum atomic E-state index is -0.469. The lowest BCUT2D eigenvalue weighted by Crippen LogP contribution is -2.48. The maximum Gasteiger partial charge on any atom is 0.332 e. The number of fused-ring (bicyclic) bond motifs is 1. The third-order valence-electron chi connectivity index (χ3n) is 4.81. The zero-order chi connectivity index (χ0) is 18.3. The van der Waals surface area contributed by atoms with Crippen LogP contribution in [0.15, 0.2) is 46.2 Å². The first kappa shape index (κ1) is 16.2. The van der Waals surface area contributed by atoms with Gasteiger partial charge in [0.2, 0.25) is 5.91 Å². The van der Waals surface area contributed by atoms with Crippen molar-refractivity contribution in [1.29, 1.82) is 0 Å². The van der Waals surface area contributed by atoms with E-state index in [1.807, 2.05) is 29.3 Å². The SMILES string of the molecule is CC(=O)N1CCN(c2c[nH]c3cc(-n4ccc(=O)[nH]c4=O)ccc23)CC1. The normalized spacial score (nSPS) is 14.8. The number of nitrogens with one attached hydrogen (secondary N) is 2. The smallest absolute Gasteiger partial charge is 0.332 e. The maximum absolute atomic E-state index is 12.0. The van der Waals surface area contributed by atoms with Gasteiger partial charge in [-0.2, -0.15) is 0 Å². The van der Waals surface area contributed by atoms with E-state index in [1.165, 1.54) is 16.8 Å². The molecule has 8 nitrogen and oxygen atoms in total. The molecule has 1 fully saturated rings. The first-order valence-corrected chi connectivity index (χ1v) is 8.47. The van der Waals surface area contributed by atoms with Crippen LogP contribution >= 0.6 is 0 Å². The molecule has 1 saturated heterocycles. The number of aromatic nitrogens is 3. The molecule has 0 atom stereocenters. The molecule has 0 aliphatic carbocycles. The van der Waals surface area contributed by atoms with Crippen molar-refractivity contribution in [3.8, 4) is 5.69 Å². The molecular weight excluding hydrogens is 334 g/mol. The van der Waals surface area contributed by atoms with E-state index in [1.54, 1.807) is 6.92 Å². The van der Waals surface area contributed by atoms with E-state index in [4.69, 9.17) is 0 Å². The Bertz CT molecular complexity index is 1090. The summed E-state index contributed by atoms with van der Waals surface area (Å²) in [7, 11) is 0. The fourth-order valence-electron chi connectivity index (χ4n) is 3.39. The standard InChI is InChI=1S/C18H19N5O3/c1-12(24)21-6-8-22(9-7-21)16-11-19-15-10-13(2-3-14(15)16)23-5-4-17(25)20-18(23)26/h2-5,10-11,19H,6-9H2,1H3,(H,20,25,26). The molecule has 2 N–H and O–H groups in total. The van der Waals surface area contributed by atoms with Crippen molar-refractivity contribution in [2.45, 2.75) is 6.92 Å². The summed E-state index contributed by atoms with van der Waals surface area (Å²) in [6, 6.07) is 7.02. The van der Waals surface area contributed by atoms with E-state index in [-0.39, 0.29) is 5.91 Å². The Morgan fingerprint density at radius 2 is 1.85 bits per heavy atom. The van der Waals surface area contributed by atoms with Crippen molar-refractivity contribution in [2.75, 3.05) is 31.1 Å². The summed E-state index contributed by atoms with van der Waals surface area (Å²) >= 11 is 0. The first-order valence-electron chi connectivity index (χ1n) is 8.47. The van der Waals surface area contributed by atoms with Gasteiger partial charge < -0.3 is 14.8 Å². The van der Waals surface area contributed by atoms with E-state index in [9.17, 15) is 14.4 Å². The zero-order valence-electron chi connectivity index (χ0n) is 14.4. The molecule has 0 radical (unpaired) electrons. The van der Waals surface area contributed by atoms with Gasteiger partial charge >= 0.3 is 5.69 Å². The van der Waals surface area contributed by atoms with Crippen molar-refractivity contribution < 1.29 is 4.79 Å². The van der Waals surface area contributed by atoms with Crippen LogP contribution in [0.3, 0.4) is 0 Å². The van der Waals surface area contributed by atoms with Gasteiger partial charge in [0.15, 0.2) is 0 Å². The van der Waals surface area contributed by atoms with Crippen LogP contribution in [0.2, 0.25) is 0 Å². The lowest BCUT2D eigenvalue weighted by atomic mass is 10.2. The second kappa shape index (κ2) is 6.21. The molecule has 0 saturated carbocycles. The van der Waals surface area contributed by atoms with Crippen LogP contribution in [0.5, 0.6) is 0 Å². The molecule has 134 valence electrons. The van der Waals surface area contributed by atoms with Crippen LogP contribution in [-0.2, 0) is 4.79 Å². The Kier molecular flexibility index (Phi) is 3.87.